The maximum atomic E-state index is 12.9. The van der Waals surface area contributed by atoms with Crippen LogP contribution in [0.2, 0.25) is 0 Å². The van der Waals surface area contributed by atoms with E-state index in [1.165, 1.54) is 17.7 Å². The molecule has 2 aromatic carbocycles. The van der Waals surface area contributed by atoms with Crippen molar-refractivity contribution in [1.29, 1.82) is 0 Å². The number of anilines is 1. The summed E-state index contributed by atoms with van der Waals surface area (Å²) in [7, 11) is 0. The van der Waals surface area contributed by atoms with E-state index in [1.54, 1.807) is 12.1 Å². The molecule has 0 unspecified atom stereocenters. The fourth-order valence-electron chi connectivity index (χ4n) is 2.45. The summed E-state index contributed by atoms with van der Waals surface area (Å²) in [4.78, 5) is 12.0. The lowest BCUT2D eigenvalue weighted by Crippen LogP contribution is -2.14. The molecule has 3 aromatic rings. The Morgan fingerprint density at radius 3 is 2.50 bits per heavy atom. The van der Waals surface area contributed by atoms with E-state index in [0.717, 1.165) is 24.1 Å². The second-order valence-electron chi connectivity index (χ2n) is 5.62. The van der Waals surface area contributed by atoms with Gasteiger partial charge in [0.1, 0.15) is 5.82 Å². The number of amides is 1. The second-order valence-corrected chi connectivity index (χ2v) is 5.62. The molecule has 122 valence electrons. The first-order chi connectivity index (χ1) is 11.7. The van der Waals surface area contributed by atoms with E-state index < -0.39 is 0 Å². The molecular formula is C19H18FN3O. The highest BCUT2D eigenvalue weighted by atomic mass is 19.1. The number of rotatable bonds is 6. The molecule has 1 aromatic heterocycles. The molecule has 3 rings (SSSR count). The van der Waals surface area contributed by atoms with Crippen LogP contribution in [0.4, 0.5) is 10.2 Å². The van der Waals surface area contributed by atoms with Gasteiger partial charge in [0.05, 0.1) is 6.42 Å². The van der Waals surface area contributed by atoms with Gasteiger partial charge < -0.3 is 5.32 Å². The minimum absolute atomic E-state index is 0.178. The quantitative estimate of drug-likeness (QED) is 0.729. The van der Waals surface area contributed by atoms with Crippen molar-refractivity contribution in [2.45, 2.75) is 19.3 Å². The third-order valence-corrected chi connectivity index (χ3v) is 3.70. The standard InChI is InChI=1S/C19H18FN3O/c20-16-9-6-15(7-10-16)12-19(24)21-18-13-17(22-23-18)11-8-14-4-2-1-3-5-14/h1-7,9-10,13H,8,11-12H2,(H2,21,22,23,24). The Morgan fingerprint density at radius 2 is 1.75 bits per heavy atom. The summed E-state index contributed by atoms with van der Waals surface area (Å²) in [6.45, 7) is 0. The molecule has 0 radical (unpaired) electrons. The van der Waals surface area contributed by atoms with Crippen molar-refractivity contribution in [3.63, 3.8) is 0 Å². The number of aromatic nitrogens is 2. The van der Waals surface area contributed by atoms with Crippen LogP contribution in [-0.4, -0.2) is 16.1 Å². The highest BCUT2D eigenvalue weighted by Crippen LogP contribution is 2.11. The lowest BCUT2D eigenvalue weighted by atomic mass is 10.1. The van der Waals surface area contributed by atoms with Gasteiger partial charge in [-0.2, -0.15) is 5.10 Å². The van der Waals surface area contributed by atoms with Crippen LogP contribution in [0, 0.1) is 5.82 Å². The van der Waals surface area contributed by atoms with Crippen LogP contribution < -0.4 is 5.32 Å². The molecule has 0 bridgehead atoms. The van der Waals surface area contributed by atoms with Crippen LogP contribution in [0.15, 0.2) is 60.7 Å². The number of halogens is 1. The summed E-state index contributed by atoms with van der Waals surface area (Å²) in [5, 5.41) is 9.79. The zero-order chi connectivity index (χ0) is 16.8. The van der Waals surface area contributed by atoms with Crippen LogP contribution in [0.25, 0.3) is 0 Å². The number of aryl methyl sites for hydroxylation is 2. The molecule has 0 aliphatic carbocycles. The first-order valence-electron chi connectivity index (χ1n) is 7.81. The molecule has 0 saturated carbocycles. The Balaban J connectivity index is 1.51. The SMILES string of the molecule is O=C(Cc1ccc(F)cc1)Nc1cc(CCc2ccccc2)[nH]n1. The fraction of sp³-hybridized carbons (Fsp3) is 0.158. The van der Waals surface area contributed by atoms with E-state index >= 15 is 0 Å². The highest BCUT2D eigenvalue weighted by molar-refractivity contribution is 5.91. The lowest BCUT2D eigenvalue weighted by molar-refractivity contribution is -0.115. The van der Waals surface area contributed by atoms with Crippen molar-refractivity contribution in [1.82, 2.24) is 10.2 Å². The Morgan fingerprint density at radius 1 is 1.00 bits per heavy atom. The molecule has 1 amide bonds. The number of hydrogen-bond acceptors (Lipinski definition) is 2. The Kier molecular flexibility index (Phi) is 5.01. The molecule has 0 fully saturated rings. The van der Waals surface area contributed by atoms with Gasteiger partial charge in [0.25, 0.3) is 0 Å². The van der Waals surface area contributed by atoms with E-state index in [2.05, 4.69) is 27.6 Å². The zero-order valence-corrected chi connectivity index (χ0v) is 13.1. The van der Waals surface area contributed by atoms with E-state index in [-0.39, 0.29) is 18.1 Å². The molecule has 0 aliphatic heterocycles. The van der Waals surface area contributed by atoms with Crippen LogP contribution in [0.5, 0.6) is 0 Å². The summed E-state index contributed by atoms with van der Waals surface area (Å²) < 4.78 is 12.9. The number of nitrogens with zero attached hydrogens (tertiary/aromatic N) is 1. The minimum Gasteiger partial charge on any atom is -0.309 e. The van der Waals surface area contributed by atoms with Crippen LogP contribution >= 0.6 is 0 Å². The minimum atomic E-state index is -0.311. The average Bonchev–Trinajstić information content (AvgIpc) is 3.03. The predicted octanol–water partition coefficient (Wildman–Crippen LogP) is 3.52. The molecule has 5 heteroatoms. The van der Waals surface area contributed by atoms with Crippen molar-refractivity contribution in [2.75, 3.05) is 5.32 Å². The van der Waals surface area contributed by atoms with Gasteiger partial charge in [-0.15, -0.1) is 0 Å². The van der Waals surface area contributed by atoms with E-state index in [1.807, 2.05) is 24.3 Å². The lowest BCUT2D eigenvalue weighted by Gasteiger charge is -2.02. The molecule has 0 aliphatic rings. The normalized spacial score (nSPS) is 10.5. The Bertz CT molecular complexity index is 797. The molecule has 1 heterocycles. The fourth-order valence-corrected chi connectivity index (χ4v) is 2.45. The smallest absolute Gasteiger partial charge is 0.229 e. The number of carbonyl (C=O) groups is 1. The van der Waals surface area contributed by atoms with Gasteiger partial charge in [-0.05, 0) is 36.1 Å². The summed E-state index contributed by atoms with van der Waals surface area (Å²) in [6, 6.07) is 17.9. The second kappa shape index (κ2) is 7.55. The number of nitrogens with one attached hydrogen (secondary N) is 2. The van der Waals surface area contributed by atoms with Crippen LogP contribution in [0.1, 0.15) is 16.8 Å². The van der Waals surface area contributed by atoms with E-state index in [0.29, 0.717) is 5.82 Å². The zero-order valence-electron chi connectivity index (χ0n) is 13.1. The van der Waals surface area contributed by atoms with Crippen molar-refractivity contribution < 1.29 is 9.18 Å². The summed E-state index contributed by atoms with van der Waals surface area (Å²) in [6.07, 6.45) is 1.92. The number of carbonyl (C=O) groups excluding carboxylic acids is 1. The summed E-state index contributed by atoms with van der Waals surface area (Å²) >= 11 is 0. The first kappa shape index (κ1) is 15.9. The third kappa shape index (κ3) is 4.52. The number of H-pyrrole nitrogens is 1. The van der Waals surface area contributed by atoms with Crippen LogP contribution in [-0.2, 0) is 24.1 Å². The van der Waals surface area contributed by atoms with Gasteiger partial charge in [-0.1, -0.05) is 42.5 Å². The van der Waals surface area contributed by atoms with Gasteiger partial charge in [0.15, 0.2) is 5.82 Å². The van der Waals surface area contributed by atoms with Gasteiger partial charge in [-0.3, -0.25) is 9.89 Å². The monoisotopic (exact) mass is 323 g/mol. The van der Waals surface area contributed by atoms with Crippen LogP contribution in [0.3, 0.4) is 0 Å². The summed E-state index contributed by atoms with van der Waals surface area (Å²) in [5.41, 5.74) is 2.98. The van der Waals surface area contributed by atoms with Crippen molar-refractivity contribution in [3.8, 4) is 0 Å². The largest absolute Gasteiger partial charge is 0.309 e. The van der Waals surface area contributed by atoms with Crippen molar-refractivity contribution in [2.24, 2.45) is 0 Å². The van der Waals surface area contributed by atoms with Crippen molar-refractivity contribution in [3.05, 3.63) is 83.3 Å². The third-order valence-electron chi connectivity index (χ3n) is 3.70. The number of aromatic amines is 1. The maximum Gasteiger partial charge on any atom is 0.229 e. The molecule has 0 atom stereocenters. The molecular weight excluding hydrogens is 305 g/mol. The van der Waals surface area contributed by atoms with Gasteiger partial charge >= 0.3 is 0 Å². The average molecular weight is 323 g/mol. The summed E-state index contributed by atoms with van der Waals surface area (Å²) in [5.74, 6) is 0.0161. The Labute approximate surface area is 139 Å². The number of benzene rings is 2. The number of hydrogen-bond donors (Lipinski definition) is 2. The molecule has 4 nitrogen and oxygen atoms in total. The maximum absolute atomic E-state index is 12.9. The van der Waals surface area contributed by atoms with E-state index in [4.69, 9.17) is 0 Å². The Hall–Kier alpha value is -2.95. The highest BCUT2D eigenvalue weighted by Gasteiger charge is 2.07. The topological polar surface area (TPSA) is 57.8 Å². The molecule has 24 heavy (non-hydrogen) atoms. The van der Waals surface area contributed by atoms with Gasteiger partial charge in [0.2, 0.25) is 5.91 Å². The first-order valence-corrected chi connectivity index (χ1v) is 7.81. The predicted molar refractivity (Wildman–Crippen MR) is 91.2 cm³/mol. The van der Waals surface area contributed by atoms with Gasteiger partial charge in [-0.25, -0.2) is 4.39 Å². The molecule has 2 N–H and O–H groups in total. The van der Waals surface area contributed by atoms with E-state index in [9.17, 15) is 9.18 Å². The van der Waals surface area contributed by atoms with Gasteiger partial charge in [0, 0.05) is 11.8 Å². The molecule has 0 spiro atoms. The molecule has 0 saturated heterocycles. The van der Waals surface area contributed by atoms with Crippen molar-refractivity contribution >= 4 is 11.7 Å².